The van der Waals surface area contributed by atoms with Gasteiger partial charge in [-0.05, 0) is 85.5 Å². The van der Waals surface area contributed by atoms with E-state index in [-0.39, 0.29) is 4.90 Å². The first-order valence-electron chi connectivity index (χ1n) is 11.0. The number of benzene rings is 3. The Morgan fingerprint density at radius 2 is 1.71 bits per heavy atom. The summed E-state index contributed by atoms with van der Waals surface area (Å²) in [7, 11) is -3.96. The van der Waals surface area contributed by atoms with Crippen molar-refractivity contribution in [3.8, 4) is 5.75 Å². The average Bonchev–Trinajstić information content (AvgIpc) is 2.84. The molecule has 7 nitrogen and oxygen atoms in total. The van der Waals surface area contributed by atoms with E-state index in [0.29, 0.717) is 12.3 Å². The van der Waals surface area contributed by atoms with Crippen molar-refractivity contribution in [3.63, 3.8) is 0 Å². The summed E-state index contributed by atoms with van der Waals surface area (Å²) < 4.78 is 33.4. The second-order valence-corrected chi connectivity index (χ2v) is 9.67. The zero-order chi connectivity index (χ0) is 24.6. The molecule has 34 heavy (non-hydrogen) atoms. The normalized spacial score (nSPS) is 11.4. The second-order valence-electron chi connectivity index (χ2n) is 7.80. The van der Waals surface area contributed by atoms with Gasteiger partial charge >= 0.3 is 0 Å². The monoisotopic (exact) mass is 479 g/mol. The van der Waals surface area contributed by atoms with E-state index in [0.717, 1.165) is 33.2 Å². The molecule has 0 aliphatic carbocycles. The molecule has 0 spiro atoms. The van der Waals surface area contributed by atoms with Crippen molar-refractivity contribution in [2.45, 2.75) is 32.1 Å². The Morgan fingerprint density at radius 3 is 2.35 bits per heavy atom. The average molecular weight is 480 g/mol. The van der Waals surface area contributed by atoms with Crippen molar-refractivity contribution >= 4 is 27.8 Å². The first-order chi connectivity index (χ1) is 16.3. The third kappa shape index (κ3) is 6.45. The fraction of sp³-hybridized carbons (Fsp3) is 0.231. The molecule has 0 atom stereocenters. The van der Waals surface area contributed by atoms with Gasteiger partial charge in [-0.1, -0.05) is 31.2 Å². The Labute approximate surface area is 201 Å². The van der Waals surface area contributed by atoms with Crippen LogP contribution in [0.4, 0.5) is 5.69 Å². The Bertz CT molecular complexity index is 1240. The number of anilines is 1. The minimum atomic E-state index is -3.96. The molecule has 0 saturated heterocycles. The van der Waals surface area contributed by atoms with Crippen molar-refractivity contribution in [1.29, 1.82) is 0 Å². The number of hydrogen-bond donors (Lipinski definition) is 1. The maximum atomic E-state index is 13.4. The standard InChI is InChI=1S/C26H29N3O4S/c1-4-16-33-24-14-11-22(12-15-24)18-27-28-26(30)19-29(23-13-10-20(2)21(3)17-23)34(31,32)25-8-6-5-7-9-25/h5-15,17-18H,4,16,19H2,1-3H3,(H,28,30)/b27-18+. The summed E-state index contributed by atoms with van der Waals surface area (Å²) in [6.07, 6.45) is 2.42. The van der Waals surface area contributed by atoms with E-state index in [4.69, 9.17) is 4.74 Å². The Morgan fingerprint density at radius 1 is 1.00 bits per heavy atom. The van der Waals surface area contributed by atoms with Gasteiger partial charge < -0.3 is 4.74 Å². The molecular weight excluding hydrogens is 450 g/mol. The van der Waals surface area contributed by atoms with Crippen LogP contribution in [0.25, 0.3) is 0 Å². The fourth-order valence-electron chi connectivity index (χ4n) is 3.13. The van der Waals surface area contributed by atoms with E-state index in [2.05, 4.69) is 10.5 Å². The van der Waals surface area contributed by atoms with Gasteiger partial charge in [0.1, 0.15) is 12.3 Å². The van der Waals surface area contributed by atoms with Gasteiger partial charge in [0.25, 0.3) is 15.9 Å². The van der Waals surface area contributed by atoms with E-state index < -0.39 is 22.5 Å². The lowest BCUT2D eigenvalue weighted by Crippen LogP contribution is -2.39. The number of nitrogens with zero attached hydrogens (tertiary/aromatic N) is 2. The van der Waals surface area contributed by atoms with Crippen LogP contribution in [0, 0.1) is 13.8 Å². The molecule has 0 bridgehead atoms. The lowest BCUT2D eigenvalue weighted by atomic mass is 10.1. The molecule has 3 aromatic rings. The molecule has 1 N–H and O–H groups in total. The number of amides is 1. The van der Waals surface area contributed by atoms with Gasteiger partial charge in [-0.15, -0.1) is 0 Å². The minimum absolute atomic E-state index is 0.106. The maximum Gasteiger partial charge on any atom is 0.264 e. The first kappa shape index (κ1) is 25.0. The summed E-state index contributed by atoms with van der Waals surface area (Å²) >= 11 is 0. The van der Waals surface area contributed by atoms with E-state index in [1.165, 1.54) is 18.3 Å². The molecule has 0 unspecified atom stereocenters. The highest BCUT2D eigenvalue weighted by atomic mass is 32.2. The fourth-order valence-corrected chi connectivity index (χ4v) is 4.56. The molecule has 0 heterocycles. The summed E-state index contributed by atoms with van der Waals surface area (Å²) in [5.74, 6) is 0.204. The molecule has 0 aliphatic heterocycles. The number of aryl methyl sites for hydroxylation is 2. The quantitative estimate of drug-likeness (QED) is 0.344. The van der Waals surface area contributed by atoms with E-state index in [1.54, 1.807) is 30.3 Å². The van der Waals surface area contributed by atoms with Gasteiger partial charge in [0.15, 0.2) is 0 Å². The highest BCUT2D eigenvalue weighted by molar-refractivity contribution is 7.92. The molecule has 0 saturated carbocycles. The predicted octanol–water partition coefficient (Wildman–Crippen LogP) is 4.44. The van der Waals surface area contributed by atoms with Gasteiger partial charge in [0.05, 0.1) is 23.4 Å². The van der Waals surface area contributed by atoms with Gasteiger partial charge in [-0.3, -0.25) is 9.10 Å². The molecule has 8 heteroatoms. The molecule has 0 fully saturated rings. The van der Waals surface area contributed by atoms with Crippen molar-refractivity contribution in [1.82, 2.24) is 5.43 Å². The van der Waals surface area contributed by atoms with Crippen molar-refractivity contribution < 1.29 is 17.9 Å². The van der Waals surface area contributed by atoms with Crippen molar-refractivity contribution in [2.24, 2.45) is 5.10 Å². The zero-order valence-corrected chi connectivity index (χ0v) is 20.4. The Hall–Kier alpha value is -3.65. The van der Waals surface area contributed by atoms with E-state index >= 15 is 0 Å². The highest BCUT2D eigenvalue weighted by Crippen LogP contribution is 2.25. The number of ether oxygens (including phenoxy) is 1. The Kier molecular flexibility index (Phi) is 8.43. The predicted molar refractivity (Wildman–Crippen MR) is 135 cm³/mol. The first-order valence-corrected chi connectivity index (χ1v) is 12.4. The van der Waals surface area contributed by atoms with E-state index in [1.807, 2.05) is 51.1 Å². The minimum Gasteiger partial charge on any atom is -0.494 e. The number of hydrazone groups is 1. The summed E-state index contributed by atoms with van der Waals surface area (Å²) in [5.41, 5.74) is 5.56. The molecule has 1 amide bonds. The van der Waals surface area contributed by atoms with Crippen LogP contribution < -0.4 is 14.5 Å². The van der Waals surface area contributed by atoms with Crippen molar-refractivity contribution in [3.05, 3.63) is 89.5 Å². The topological polar surface area (TPSA) is 88.1 Å². The third-order valence-corrected chi connectivity index (χ3v) is 6.94. The molecule has 3 rings (SSSR count). The van der Waals surface area contributed by atoms with Gasteiger partial charge in [-0.25, -0.2) is 13.8 Å². The van der Waals surface area contributed by atoms with Crippen molar-refractivity contribution in [2.75, 3.05) is 17.5 Å². The van der Waals surface area contributed by atoms with Crippen LogP contribution in [0.3, 0.4) is 0 Å². The molecule has 0 radical (unpaired) electrons. The highest BCUT2D eigenvalue weighted by Gasteiger charge is 2.27. The number of hydrogen-bond acceptors (Lipinski definition) is 5. The van der Waals surface area contributed by atoms with Crippen LogP contribution in [0.2, 0.25) is 0 Å². The largest absolute Gasteiger partial charge is 0.494 e. The number of nitrogens with one attached hydrogen (secondary N) is 1. The van der Waals surface area contributed by atoms with Gasteiger partial charge in [0, 0.05) is 0 Å². The summed E-state index contributed by atoms with van der Waals surface area (Å²) in [6, 6.07) is 20.6. The SMILES string of the molecule is CCCOc1ccc(/C=N/NC(=O)CN(c2ccc(C)c(C)c2)S(=O)(=O)c2ccccc2)cc1. The lowest BCUT2D eigenvalue weighted by molar-refractivity contribution is -0.119. The zero-order valence-electron chi connectivity index (χ0n) is 19.6. The molecule has 0 aromatic heterocycles. The third-order valence-electron chi connectivity index (χ3n) is 5.15. The van der Waals surface area contributed by atoms with Gasteiger partial charge in [-0.2, -0.15) is 5.10 Å². The van der Waals surface area contributed by atoms with Crippen LogP contribution in [0.15, 0.2) is 82.8 Å². The molecular formula is C26H29N3O4S. The van der Waals surface area contributed by atoms with Crippen LogP contribution in [-0.4, -0.2) is 33.7 Å². The lowest BCUT2D eigenvalue weighted by Gasteiger charge is -2.24. The van der Waals surface area contributed by atoms with E-state index in [9.17, 15) is 13.2 Å². The van der Waals surface area contributed by atoms with Crippen LogP contribution >= 0.6 is 0 Å². The molecule has 0 aliphatic rings. The number of sulfonamides is 1. The van der Waals surface area contributed by atoms with Crippen LogP contribution in [-0.2, 0) is 14.8 Å². The molecule has 3 aromatic carbocycles. The van der Waals surface area contributed by atoms with Crippen LogP contribution in [0.1, 0.15) is 30.0 Å². The summed E-state index contributed by atoms with van der Waals surface area (Å²) in [5, 5.41) is 3.98. The second kappa shape index (κ2) is 11.5. The summed E-state index contributed by atoms with van der Waals surface area (Å²) in [4.78, 5) is 12.8. The van der Waals surface area contributed by atoms with Crippen LogP contribution in [0.5, 0.6) is 5.75 Å². The number of carbonyl (C=O) groups is 1. The maximum absolute atomic E-state index is 13.4. The molecule has 178 valence electrons. The smallest absolute Gasteiger partial charge is 0.264 e. The summed E-state index contributed by atoms with van der Waals surface area (Å²) in [6.45, 7) is 6.11. The Balaban J connectivity index is 1.76. The number of carbonyl (C=O) groups excluding carboxylic acids is 1. The number of rotatable bonds is 10. The van der Waals surface area contributed by atoms with Gasteiger partial charge in [0.2, 0.25) is 0 Å².